The van der Waals surface area contributed by atoms with Crippen molar-refractivity contribution in [1.82, 2.24) is 15.5 Å². The van der Waals surface area contributed by atoms with Crippen LogP contribution in [0.5, 0.6) is 5.75 Å². The normalized spacial score (nSPS) is 11.6. The molecule has 0 fully saturated rings. The minimum atomic E-state index is -0.702. The Morgan fingerprint density at radius 2 is 1.90 bits per heavy atom. The molecule has 1 unspecified atom stereocenters. The van der Waals surface area contributed by atoms with Gasteiger partial charge in [0.15, 0.2) is 0 Å². The minimum absolute atomic E-state index is 0.179. The van der Waals surface area contributed by atoms with Crippen molar-refractivity contribution in [3.8, 4) is 16.3 Å². The molecule has 0 aliphatic rings. The summed E-state index contributed by atoms with van der Waals surface area (Å²) in [5.41, 5.74) is 2.91. The van der Waals surface area contributed by atoms with E-state index in [2.05, 4.69) is 20.8 Å². The number of benzene rings is 2. The average Bonchev–Trinajstić information content (AvgIpc) is 3.17. The molecule has 29 heavy (non-hydrogen) atoms. The summed E-state index contributed by atoms with van der Waals surface area (Å²) in [5, 5.41) is 14.7. The van der Waals surface area contributed by atoms with E-state index in [0.29, 0.717) is 5.13 Å². The van der Waals surface area contributed by atoms with Gasteiger partial charge in [-0.1, -0.05) is 47.2 Å². The van der Waals surface area contributed by atoms with Crippen LogP contribution in [-0.2, 0) is 16.0 Å². The highest BCUT2D eigenvalue weighted by atomic mass is 32.1. The highest BCUT2D eigenvalue weighted by Crippen LogP contribution is 2.26. The number of aromatic nitrogens is 2. The number of hydrogen-bond acceptors (Lipinski definition) is 6. The lowest BCUT2D eigenvalue weighted by molar-refractivity contribution is -0.125. The van der Waals surface area contributed by atoms with Gasteiger partial charge in [0.1, 0.15) is 16.8 Å². The topological polar surface area (TPSA) is 93.2 Å². The van der Waals surface area contributed by atoms with Crippen LogP contribution >= 0.6 is 11.3 Å². The molecule has 1 atom stereocenters. The second-order valence-electron chi connectivity index (χ2n) is 6.59. The van der Waals surface area contributed by atoms with Crippen LogP contribution in [0.4, 0.5) is 5.13 Å². The number of aryl methyl sites for hydroxylation is 1. The number of anilines is 1. The summed E-state index contributed by atoms with van der Waals surface area (Å²) in [4.78, 5) is 24.6. The fourth-order valence-corrected chi connectivity index (χ4v) is 3.41. The molecule has 0 aliphatic carbocycles. The Kier molecular flexibility index (Phi) is 6.56. The maximum Gasteiger partial charge on any atom is 0.248 e. The summed E-state index contributed by atoms with van der Waals surface area (Å²) in [7, 11) is 1.59. The van der Waals surface area contributed by atoms with Gasteiger partial charge < -0.3 is 10.1 Å². The lowest BCUT2D eigenvalue weighted by Gasteiger charge is -2.13. The average molecular weight is 410 g/mol. The van der Waals surface area contributed by atoms with Gasteiger partial charge in [-0.25, -0.2) is 0 Å². The van der Waals surface area contributed by atoms with Crippen molar-refractivity contribution in [1.29, 1.82) is 0 Å². The van der Waals surface area contributed by atoms with E-state index >= 15 is 0 Å². The smallest absolute Gasteiger partial charge is 0.248 e. The number of methoxy groups -OCH3 is 1. The Labute approximate surface area is 173 Å². The summed E-state index contributed by atoms with van der Waals surface area (Å²) < 4.78 is 5.10. The molecule has 0 bridgehead atoms. The predicted molar refractivity (Wildman–Crippen MR) is 113 cm³/mol. The Balaban J connectivity index is 1.54. The Hall–Kier alpha value is -3.26. The first-order valence-corrected chi connectivity index (χ1v) is 9.90. The van der Waals surface area contributed by atoms with Crippen LogP contribution in [0.3, 0.4) is 0 Å². The Morgan fingerprint density at radius 1 is 1.14 bits per heavy atom. The maximum atomic E-state index is 12.4. The van der Waals surface area contributed by atoms with Crippen molar-refractivity contribution in [2.75, 3.05) is 12.4 Å². The molecule has 2 aromatic carbocycles. The van der Waals surface area contributed by atoms with Crippen LogP contribution < -0.4 is 15.4 Å². The molecule has 0 saturated heterocycles. The summed E-state index contributed by atoms with van der Waals surface area (Å²) in [6.07, 6.45) is 0.179. The first-order chi connectivity index (χ1) is 13.9. The van der Waals surface area contributed by atoms with Crippen LogP contribution in [0.2, 0.25) is 0 Å². The molecule has 2 amide bonds. The zero-order valence-electron chi connectivity index (χ0n) is 16.4. The number of nitrogens with zero attached hydrogens (tertiary/aromatic N) is 2. The van der Waals surface area contributed by atoms with Crippen LogP contribution in [0.1, 0.15) is 18.1 Å². The standard InChI is InChI=1S/C21H22N4O3S/c1-13-5-4-6-16(11-13)20-24-25-21(29-20)23-19(27)14(2)22-18(26)12-15-7-9-17(28-3)10-8-15/h4-11,14H,12H2,1-3H3,(H,22,26)(H,23,25,27). The minimum Gasteiger partial charge on any atom is -0.497 e. The lowest BCUT2D eigenvalue weighted by Crippen LogP contribution is -2.42. The molecule has 3 aromatic rings. The van der Waals surface area contributed by atoms with Crippen molar-refractivity contribution in [3.63, 3.8) is 0 Å². The number of nitrogens with one attached hydrogen (secondary N) is 2. The fraction of sp³-hybridized carbons (Fsp3) is 0.238. The molecule has 8 heteroatoms. The molecule has 1 aromatic heterocycles. The molecule has 1 heterocycles. The van der Waals surface area contributed by atoms with E-state index in [4.69, 9.17) is 4.74 Å². The van der Waals surface area contributed by atoms with E-state index in [0.717, 1.165) is 27.4 Å². The highest BCUT2D eigenvalue weighted by molar-refractivity contribution is 7.18. The summed E-state index contributed by atoms with van der Waals surface area (Å²) >= 11 is 1.29. The Morgan fingerprint density at radius 3 is 2.59 bits per heavy atom. The van der Waals surface area contributed by atoms with Gasteiger partial charge in [-0.3, -0.25) is 14.9 Å². The number of hydrogen-bond donors (Lipinski definition) is 2. The van der Waals surface area contributed by atoms with Gasteiger partial charge in [0, 0.05) is 5.56 Å². The van der Waals surface area contributed by atoms with E-state index in [1.54, 1.807) is 26.2 Å². The molecule has 0 radical (unpaired) electrons. The third-order valence-corrected chi connectivity index (χ3v) is 5.10. The molecule has 0 saturated carbocycles. The predicted octanol–water partition coefficient (Wildman–Crippen LogP) is 3.21. The van der Waals surface area contributed by atoms with Crippen molar-refractivity contribution in [3.05, 3.63) is 59.7 Å². The van der Waals surface area contributed by atoms with E-state index in [1.807, 2.05) is 43.3 Å². The second kappa shape index (κ2) is 9.29. The zero-order chi connectivity index (χ0) is 20.8. The molecule has 0 aliphatic heterocycles. The van der Waals surface area contributed by atoms with E-state index < -0.39 is 6.04 Å². The first kappa shape index (κ1) is 20.5. The summed E-state index contributed by atoms with van der Waals surface area (Å²) in [5.74, 6) is 0.138. The molecular formula is C21H22N4O3S. The lowest BCUT2D eigenvalue weighted by atomic mass is 10.1. The van der Waals surface area contributed by atoms with Crippen LogP contribution in [-0.4, -0.2) is 35.2 Å². The molecular weight excluding hydrogens is 388 g/mol. The largest absolute Gasteiger partial charge is 0.497 e. The molecule has 0 spiro atoms. The SMILES string of the molecule is COc1ccc(CC(=O)NC(C)C(=O)Nc2nnc(-c3cccc(C)c3)s2)cc1. The molecule has 2 N–H and O–H groups in total. The summed E-state index contributed by atoms with van der Waals surface area (Å²) in [6, 6.07) is 14.4. The van der Waals surface area contributed by atoms with Crippen LogP contribution in [0, 0.1) is 6.92 Å². The van der Waals surface area contributed by atoms with Crippen molar-refractivity contribution < 1.29 is 14.3 Å². The van der Waals surface area contributed by atoms with Crippen LogP contribution in [0.25, 0.3) is 10.6 Å². The van der Waals surface area contributed by atoms with Gasteiger partial charge in [-0.05, 0) is 37.6 Å². The summed E-state index contributed by atoms with van der Waals surface area (Å²) in [6.45, 7) is 3.63. The monoisotopic (exact) mass is 410 g/mol. The number of amides is 2. The van der Waals surface area contributed by atoms with Crippen molar-refractivity contribution >= 4 is 28.3 Å². The first-order valence-electron chi connectivity index (χ1n) is 9.08. The Bertz CT molecular complexity index is 1000. The van der Waals surface area contributed by atoms with Gasteiger partial charge >= 0.3 is 0 Å². The van der Waals surface area contributed by atoms with E-state index in [9.17, 15) is 9.59 Å². The van der Waals surface area contributed by atoms with Gasteiger partial charge in [0.05, 0.1) is 13.5 Å². The van der Waals surface area contributed by atoms with Crippen molar-refractivity contribution in [2.24, 2.45) is 0 Å². The quantitative estimate of drug-likeness (QED) is 0.624. The van der Waals surface area contributed by atoms with E-state index in [1.165, 1.54) is 11.3 Å². The number of rotatable bonds is 7. The van der Waals surface area contributed by atoms with Gasteiger partial charge in [-0.15, -0.1) is 10.2 Å². The van der Waals surface area contributed by atoms with Crippen molar-refractivity contribution in [2.45, 2.75) is 26.3 Å². The number of carbonyl (C=O) groups is 2. The number of carbonyl (C=O) groups excluding carboxylic acids is 2. The maximum absolute atomic E-state index is 12.4. The molecule has 3 rings (SSSR count). The second-order valence-corrected chi connectivity index (χ2v) is 7.56. The third-order valence-electron chi connectivity index (χ3n) is 4.21. The van der Waals surface area contributed by atoms with Gasteiger partial charge in [0.25, 0.3) is 0 Å². The van der Waals surface area contributed by atoms with Gasteiger partial charge in [0.2, 0.25) is 16.9 Å². The fourth-order valence-electron chi connectivity index (χ4n) is 2.67. The highest BCUT2D eigenvalue weighted by Gasteiger charge is 2.18. The molecule has 150 valence electrons. The van der Waals surface area contributed by atoms with Crippen LogP contribution in [0.15, 0.2) is 48.5 Å². The van der Waals surface area contributed by atoms with Gasteiger partial charge in [-0.2, -0.15) is 0 Å². The van der Waals surface area contributed by atoms with E-state index in [-0.39, 0.29) is 18.2 Å². The third kappa shape index (κ3) is 5.61. The number of ether oxygens (including phenoxy) is 1. The zero-order valence-corrected chi connectivity index (χ0v) is 17.2. The molecule has 7 nitrogen and oxygen atoms in total.